The van der Waals surface area contributed by atoms with Gasteiger partial charge in [-0.3, -0.25) is 4.90 Å². The van der Waals surface area contributed by atoms with Crippen LogP contribution in [0.3, 0.4) is 0 Å². The number of hydrogen-bond donors (Lipinski definition) is 1. The number of nitrogens with zero attached hydrogens (tertiary/aromatic N) is 3. The number of aliphatic hydroxyl groups is 1. The highest BCUT2D eigenvalue weighted by Gasteiger charge is 2.29. The van der Waals surface area contributed by atoms with Crippen LogP contribution in [0.4, 0.5) is 4.39 Å². The van der Waals surface area contributed by atoms with E-state index in [9.17, 15) is 4.39 Å². The number of ether oxygens (including phenoxy) is 1. The topological polar surface area (TPSA) is 71.6 Å². The van der Waals surface area contributed by atoms with Gasteiger partial charge in [-0.05, 0) is 37.1 Å². The van der Waals surface area contributed by atoms with Gasteiger partial charge in [-0.25, -0.2) is 4.39 Å². The lowest BCUT2D eigenvalue weighted by molar-refractivity contribution is 0.166. The molecule has 1 aromatic heterocycles. The number of benzene rings is 1. The molecule has 1 aliphatic rings. The second-order valence-corrected chi connectivity index (χ2v) is 5.27. The molecular formula is C15H18FN3O3. The third-order valence-electron chi connectivity index (χ3n) is 3.48. The number of rotatable bonds is 8. The molecule has 1 aromatic carbocycles. The van der Waals surface area contributed by atoms with Gasteiger partial charge >= 0.3 is 0 Å². The van der Waals surface area contributed by atoms with Gasteiger partial charge in [0.25, 0.3) is 0 Å². The van der Waals surface area contributed by atoms with E-state index in [1.807, 2.05) is 0 Å². The Morgan fingerprint density at radius 1 is 1.32 bits per heavy atom. The summed E-state index contributed by atoms with van der Waals surface area (Å²) in [6.07, 6.45) is 2.29. The Balaban J connectivity index is 1.53. The fourth-order valence-electron chi connectivity index (χ4n) is 2.22. The van der Waals surface area contributed by atoms with E-state index in [-0.39, 0.29) is 19.0 Å². The summed E-state index contributed by atoms with van der Waals surface area (Å²) in [6, 6.07) is 6.27. The van der Waals surface area contributed by atoms with Gasteiger partial charge in [-0.2, -0.15) is 4.98 Å². The molecule has 1 aliphatic carbocycles. The molecule has 118 valence electrons. The molecule has 2 aromatic rings. The molecule has 0 unspecified atom stereocenters. The summed E-state index contributed by atoms with van der Waals surface area (Å²) >= 11 is 0. The molecule has 0 spiro atoms. The zero-order chi connectivity index (χ0) is 15.4. The fraction of sp³-hybridized carbons (Fsp3) is 0.467. The summed E-state index contributed by atoms with van der Waals surface area (Å²) in [5.74, 6) is 1.20. The molecule has 1 fully saturated rings. The number of aliphatic hydroxyl groups excluding tert-OH is 1. The van der Waals surface area contributed by atoms with Gasteiger partial charge in [0, 0.05) is 12.6 Å². The second-order valence-electron chi connectivity index (χ2n) is 5.27. The predicted molar refractivity (Wildman–Crippen MR) is 75.5 cm³/mol. The van der Waals surface area contributed by atoms with Crippen LogP contribution in [-0.2, 0) is 13.2 Å². The van der Waals surface area contributed by atoms with E-state index in [2.05, 4.69) is 15.0 Å². The van der Waals surface area contributed by atoms with Crippen molar-refractivity contribution in [3.63, 3.8) is 0 Å². The van der Waals surface area contributed by atoms with Gasteiger partial charge in [-0.1, -0.05) is 5.16 Å². The highest BCUT2D eigenvalue weighted by molar-refractivity contribution is 5.22. The van der Waals surface area contributed by atoms with Crippen molar-refractivity contribution in [2.24, 2.45) is 0 Å². The van der Waals surface area contributed by atoms with Crippen LogP contribution in [0.15, 0.2) is 28.8 Å². The Hall–Kier alpha value is -1.99. The molecule has 0 bridgehead atoms. The van der Waals surface area contributed by atoms with Gasteiger partial charge in [0.2, 0.25) is 11.7 Å². The van der Waals surface area contributed by atoms with Gasteiger partial charge in [0.05, 0.1) is 13.2 Å². The standard InChI is InChI=1S/C15H18FN3O3/c16-11-1-5-13(6-2-11)21-10-14-17-15(22-18-14)9-19(7-8-20)12-3-4-12/h1-2,5-6,12,20H,3-4,7-10H2. The van der Waals surface area contributed by atoms with Crippen LogP contribution < -0.4 is 4.74 Å². The monoisotopic (exact) mass is 307 g/mol. The molecule has 1 N–H and O–H groups in total. The summed E-state index contributed by atoms with van der Waals surface area (Å²) in [4.78, 5) is 6.41. The summed E-state index contributed by atoms with van der Waals surface area (Å²) in [7, 11) is 0. The van der Waals surface area contributed by atoms with Crippen molar-refractivity contribution in [2.45, 2.75) is 32.0 Å². The van der Waals surface area contributed by atoms with E-state index in [0.717, 1.165) is 12.8 Å². The fourth-order valence-corrected chi connectivity index (χ4v) is 2.22. The molecule has 0 amide bonds. The zero-order valence-electron chi connectivity index (χ0n) is 12.1. The summed E-state index contributed by atoms with van der Waals surface area (Å²) in [5, 5.41) is 12.9. The molecule has 1 saturated carbocycles. The maximum atomic E-state index is 12.8. The quantitative estimate of drug-likeness (QED) is 0.801. The highest BCUT2D eigenvalue weighted by atomic mass is 19.1. The SMILES string of the molecule is OCCN(Cc1nc(COc2ccc(F)cc2)no1)C1CC1. The minimum Gasteiger partial charge on any atom is -0.485 e. The Morgan fingerprint density at radius 2 is 2.09 bits per heavy atom. The maximum absolute atomic E-state index is 12.8. The van der Waals surface area contributed by atoms with Gasteiger partial charge < -0.3 is 14.4 Å². The van der Waals surface area contributed by atoms with Crippen molar-refractivity contribution in [3.05, 3.63) is 41.8 Å². The van der Waals surface area contributed by atoms with Gasteiger partial charge in [0.15, 0.2) is 6.61 Å². The highest BCUT2D eigenvalue weighted by Crippen LogP contribution is 2.27. The number of halogens is 1. The van der Waals surface area contributed by atoms with E-state index in [4.69, 9.17) is 14.4 Å². The van der Waals surface area contributed by atoms with Crippen molar-refractivity contribution in [1.29, 1.82) is 0 Å². The van der Waals surface area contributed by atoms with Crippen molar-refractivity contribution < 1.29 is 18.8 Å². The molecule has 3 rings (SSSR count). The molecule has 0 radical (unpaired) electrons. The smallest absolute Gasteiger partial charge is 0.240 e. The molecule has 0 aliphatic heterocycles. The summed E-state index contributed by atoms with van der Waals surface area (Å²) in [6.45, 7) is 1.42. The minimum atomic E-state index is -0.307. The molecule has 0 saturated heterocycles. The van der Waals surface area contributed by atoms with Crippen molar-refractivity contribution >= 4 is 0 Å². The Morgan fingerprint density at radius 3 is 2.77 bits per heavy atom. The van der Waals surface area contributed by atoms with E-state index in [1.54, 1.807) is 12.1 Å². The summed E-state index contributed by atoms with van der Waals surface area (Å²) in [5.41, 5.74) is 0. The Kier molecular flexibility index (Phi) is 4.65. The first kappa shape index (κ1) is 14.9. The predicted octanol–water partition coefficient (Wildman–Crippen LogP) is 1.74. The number of hydrogen-bond acceptors (Lipinski definition) is 6. The third kappa shape index (κ3) is 4.02. The minimum absolute atomic E-state index is 0.116. The van der Waals surface area contributed by atoms with Crippen LogP contribution in [0.1, 0.15) is 24.6 Å². The van der Waals surface area contributed by atoms with E-state index >= 15 is 0 Å². The number of aromatic nitrogens is 2. The molecule has 1 heterocycles. The molecule has 22 heavy (non-hydrogen) atoms. The lowest BCUT2D eigenvalue weighted by atomic mass is 10.3. The molecule has 7 heteroatoms. The third-order valence-corrected chi connectivity index (χ3v) is 3.48. The average Bonchev–Trinajstić information content (AvgIpc) is 3.27. The van der Waals surface area contributed by atoms with Crippen LogP contribution in [0.25, 0.3) is 0 Å². The first-order chi connectivity index (χ1) is 10.7. The van der Waals surface area contributed by atoms with Gasteiger partial charge in [0.1, 0.15) is 11.6 Å². The zero-order valence-corrected chi connectivity index (χ0v) is 12.1. The lowest BCUT2D eigenvalue weighted by Gasteiger charge is -2.17. The van der Waals surface area contributed by atoms with Crippen LogP contribution in [-0.4, -0.2) is 39.3 Å². The maximum Gasteiger partial charge on any atom is 0.240 e. The lowest BCUT2D eigenvalue weighted by Crippen LogP contribution is -2.28. The van der Waals surface area contributed by atoms with Crippen LogP contribution in [0.2, 0.25) is 0 Å². The molecular weight excluding hydrogens is 289 g/mol. The van der Waals surface area contributed by atoms with Gasteiger partial charge in [-0.15, -0.1) is 0 Å². The largest absolute Gasteiger partial charge is 0.485 e. The van der Waals surface area contributed by atoms with Crippen LogP contribution in [0, 0.1) is 5.82 Å². The van der Waals surface area contributed by atoms with E-state index in [0.29, 0.717) is 36.6 Å². The van der Waals surface area contributed by atoms with E-state index < -0.39 is 0 Å². The Labute approximate surface area is 127 Å². The average molecular weight is 307 g/mol. The Bertz CT molecular complexity index is 598. The first-order valence-corrected chi connectivity index (χ1v) is 7.29. The van der Waals surface area contributed by atoms with Crippen LogP contribution >= 0.6 is 0 Å². The molecule has 6 nitrogen and oxygen atoms in total. The van der Waals surface area contributed by atoms with Crippen molar-refractivity contribution in [1.82, 2.24) is 15.0 Å². The van der Waals surface area contributed by atoms with Crippen LogP contribution in [0.5, 0.6) is 5.75 Å². The van der Waals surface area contributed by atoms with Crippen molar-refractivity contribution in [2.75, 3.05) is 13.2 Å². The summed E-state index contributed by atoms with van der Waals surface area (Å²) < 4.78 is 23.5. The second kappa shape index (κ2) is 6.85. The van der Waals surface area contributed by atoms with E-state index in [1.165, 1.54) is 12.1 Å². The normalized spacial score (nSPS) is 14.5. The first-order valence-electron chi connectivity index (χ1n) is 7.29. The molecule has 0 atom stereocenters. The van der Waals surface area contributed by atoms with Crippen molar-refractivity contribution in [3.8, 4) is 5.75 Å².